The van der Waals surface area contributed by atoms with Crippen LogP contribution in [0, 0.1) is 11.3 Å². The van der Waals surface area contributed by atoms with Gasteiger partial charge in [0.05, 0.1) is 0 Å². The summed E-state index contributed by atoms with van der Waals surface area (Å²) in [5.74, 6) is -0.0222. The number of halogens is 3. The van der Waals surface area contributed by atoms with Crippen LogP contribution in [0.5, 0.6) is 0 Å². The Bertz CT molecular complexity index is 137. The van der Waals surface area contributed by atoms with Crippen LogP contribution in [0.1, 0.15) is 13.8 Å². The molecule has 3 atom stereocenters. The van der Waals surface area contributed by atoms with E-state index < -0.39 is 5.13 Å². The molecule has 0 nitrogen and oxygen atoms in total. The summed E-state index contributed by atoms with van der Waals surface area (Å²) < 4.78 is 13.0. The van der Waals surface area contributed by atoms with Crippen molar-refractivity contribution in [3.05, 3.63) is 0 Å². The van der Waals surface area contributed by atoms with Gasteiger partial charge in [0.15, 0.2) is 5.13 Å². The lowest BCUT2D eigenvalue weighted by Crippen LogP contribution is -2.05. The molecule has 0 amide bonds. The third kappa shape index (κ3) is 0.758. The summed E-state index contributed by atoms with van der Waals surface area (Å²) in [5.41, 5.74) is -0.339. The summed E-state index contributed by atoms with van der Waals surface area (Å²) in [6.45, 7) is 3.67. The topological polar surface area (TPSA) is 0 Å². The van der Waals surface area contributed by atoms with E-state index in [0.717, 1.165) is 0 Å². The van der Waals surface area contributed by atoms with Gasteiger partial charge in [-0.05, 0) is 0 Å². The zero-order chi connectivity index (χ0) is 7.28. The van der Waals surface area contributed by atoms with E-state index in [0.29, 0.717) is 5.33 Å². The van der Waals surface area contributed by atoms with Gasteiger partial charge in [-0.15, -0.1) is 0 Å². The van der Waals surface area contributed by atoms with Gasteiger partial charge in [0.2, 0.25) is 0 Å². The van der Waals surface area contributed by atoms with Crippen LogP contribution in [0.15, 0.2) is 0 Å². The Balaban J connectivity index is 2.70. The average molecular weight is 215 g/mol. The van der Waals surface area contributed by atoms with E-state index in [1.54, 1.807) is 0 Å². The van der Waals surface area contributed by atoms with Crippen molar-refractivity contribution in [1.29, 1.82) is 0 Å². The maximum Gasteiger partial charge on any atom is 0.193 e. The second kappa shape index (κ2) is 1.85. The predicted molar refractivity (Wildman–Crippen MR) is 40.8 cm³/mol. The molecule has 1 saturated carbocycles. The van der Waals surface area contributed by atoms with E-state index in [-0.39, 0.29) is 11.3 Å². The van der Waals surface area contributed by atoms with Gasteiger partial charge in [-0.1, -0.05) is 41.4 Å². The zero-order valence-electron chi connectivity index (χ0n) is 5.42. The Labute approximate surface area is 67.9 Å². The monoisotopic (exact) mass is 214 g/mol. The Morgan fingerprint density at radius 1 is 1.78 bits per heavy atom. The molecular weight excluding hydrogens is 206 g/mol. The molecule has 1 rings (SSSR count). The minimum absolute atomic E-state index is 0.0222. The Hall–Kier alpha value is 0.700. The molecule has 0 radical (unpaired) electrons. The lowest BCUT2D eigenvalue weighted by molar-refractivity contribution is 0.352. The molecule has 9 heavy (non-hydrogen) atoms. The fourth-order valence-corrected chi connectivity index (χ4v) is 2.48. The maximum atomic E-state index is 13.0. The maximum absolute atomic E-state index is 13.0. The van der Waals surface area contributed by atoms with Crippen molar-refractivity contribution in [3.8, 4) is 0 Å². The first-order valence-corrected chi connectivity index (χ1v) is 4.40. The van der Waals surface area contributed by atoms with E-state index in [9.17, 15) is 4.39 Å². The van der Waals surface area contributed by atoms with Gasteiger partial charge in [-0.25, -0.2) is 4.39 Å². The highest BCUT2D eigenvalue weighted by Crippen LogP contribution is 2.67. The second-order valence-electron chi connectivity index (χ2n) is 2.90. The van der Waals surface area contributed by atoms with Gasteiger partial charge >= 0.3 is 0 Å². The fourth-order valence-electron chi connectivity index (χ4n) is 1.01. The molecule has 0 unspecified atom stereocenters. The largest absolute Gasteiger partial charge is 0.225 e. The molecule has 1 aliphatic carbocycles. The van der Waals surface area contributed by atoms with Gasteiger partial charge in [-0.2, -0.15) is 0 Å². The molecule has 0 aromatic rings. The molecule has 0 heterocycles. The van der Waals surface area contributed by atoms with Crippen LogP contribution in [0.2, 0.25) is 0 Å². The van der Waals surface area contributed by atoms with Gasteiger partial charge in [0.25, 0.3) is 0 Å². The summed E-state index contributed by atoms with van der Waals surface area (Å²) in [4.78, 5) is 0. The molecule has 0 aliphatic heterocycles. The van der Waals surface area contributed by atoms with Crippen LogP contribution in [-0.4, -0.2) is 10.5 Å². The minimum atomic E-state index is -1.46. The summed E-state index contributed by atoms with van der Waals surface area (Å²) >= 11 is 8.73. The highest BCUT2D eigenvalue weighted by atomic mass is 79.9. The van der Waals surface area contributed by atoms with Gasteiger partial charge < -0.3 is 0 Å². The summed E-state index contributed by atoms with van der Waals surface area (Å²) in [7, 11) is 0. The highest BCUT2D eigenvalue weighted by Gasteiger charge is 2.72. The SMILES string of the molecule is C[C@H]1[C@](F)(Cl)[C@]1(C)CBr. The first-order valence-electron chi connectivity index (χ1n) is 2.90. The third-order valence-corrected chi connectivity index (χ3v) is 4.38. The number of hydrogen-bond donors (Lipinski definition) is 0. The summed E-state index contributed by atoms with van der Waals surface area (Å²) in [6.07, 6.45) is 0. The molecule has 0 aromatic carbocycles. The van der Waals surface area contributed by atoms with Crippen LogP contribution >= 0.6 is 27.5 Å². The summed E-state index contributed by atoms with van der Waals surface area (Å²) in [6, 6.07) is 0. The van der Waals surface area contributed by atoms with Crippen molar-refractivity contribution >= 4 is 27.5 Å². The summed E-state index contributed by atoms with van der Waals surface area (Å²) in [5, 5.41) is -0.822. The molecule has 0 bridgehead atoms. The normalized spacial score (nSPS) is 57.7. The van der Waals surface area contributed by atoms with Crippen molar-refractivity contribution in [2.75, 3.05) is 5.33 Å². The molecule has 1 aliphatic rings. The Morgan fingerprint density at radius 2 is 2.11 bits per heavy atom. The molecular formula is C6H9BrClF. The van der Waals surface area contributed by atoms with E-state index in [2.05, 4.69) is 15.9 Å². The van der Waals surface area contributed by atoms with E-state index in [1.165, 1.54) is 0 Å². The van der Waals surface area contributed by atoms with Crippen molar-refractivity contribution < 1.29 is 4.39 Å². The van der Waals surface area contributed by atoms with Crippen molar-refractivity contribution in [2.24, 2.45) is 11.3 Å². The lowest BCUT2D eigenvalue weighted by Gasteiger charge is -2.03. The Morgan fingerprint density at radius 3 is 2.11 bits per heavy atom. The van der Waals surface area contributed by atoms with Crippen LogP contribution in [0.3, 0.4) is 0 Å². The first kappa shape index (κ1) is 7.80. The molecule has 0 aromatic heterocycles. The second-order valence-corrected chi connectivity index (χ2v) is 4.01. The Kier molecular flexibility index (Phi) is 1.60. The lowest BCUT2D eigenvalue weighted by atomic mass is 10.1. The molecule has 0 N–H and O–H groups in total. The van der Waals surface area contributed by atoms with Gasteiger partial charge in [-0.3, -0.25) is 0 Å². The van der Waals surface area contributed by atoms with Crippen molar-refractivity contribution in [3.63, 3.8) is 0 Å². The smallest absolute Gasteiger partial charge is 0.193 e. The first-order chi connectivity index (χ1) is 3.97. The van der Waals surface area contributed by atoms with Gasteiger partial charge in [0.1, 0.15) is 0 Å². The van der Waals surface area contributed by atoms with Crippen LogP contribution < -0.4 is 0 Å². The van der Waals surface area contributed by atoms with E-state index in [4.69, 9.17) is 11.6 Å². The van der Waals surface area contributed by atoms with Crippen LogP contribution in [-0.2, 0) is 0 Å². The van der Waals surface area contributed by atoms with Gasteiger partial charge in [0, 0.05) is 16.7 Å². The quantitative estimate of drug-likeness (QED) is 0.590. The van der Waals surface area contributed by atoms with Crippen molar-refractivity contribution in [2.45, 2.75) is 19.0 Å². The molecule has 3 heteroatoms. The van der Waals surface area contributed by atoms with Crippen molar-refractivity contribution in [1.82, 2.24) is 0 Å². The molecule has 1 fully saturated rings. The van der Waals surface area contributed by atoms with Crippen LogP contribution in [0.25, 0.3) is 0 Å². The predicted octanol–water partition coefficient (Wildman–Crippen LogP) is 2.94. The number of alkyl halides is 3. The van der Waals surface area contributed by atoms with E-state index >= 15 is 0 Å². The molecule has 0 saturated heterocycles. The number of rotatable bonds is 1. The highest BCUT2D eigenvalue weighted by molar-refractivity contribution is 9.09. The molecule has 54 valence electrons. The standard InChI is InChI=1S/C6H9BrClF/c1-4-5(2,3-7)6(4,8)9/h4H,3H2,1-2H3/t4-,5-,6-/m1/s1. The number of hydrogen-bond acceptors (Lipinski definition) is 0. The minimum Gasteiger partial charge on any atom is -0.225 e. The fraction of sp³-hybridized carbons (Fsp3) is 1.00. The van der Waals surface area contributed by atoms with E-state index in [1.807, 2.05) is 13.8 Å². The third-order valence-electron chi connectivity index (χ3n) is 2.46. The zero-order valence-corrected chi connectivity index (χ0v) is 7.76. The molecule has 0 spiro atoms. The van der Waals surface area contributed by atoms with Crippen LogP contribution in [0.4, 0.5) is 4.39 Å². The average Bonchev–Trinajstić information content (AvgIpc) is 2.16.